The van der Waals surface area contributed by atoms with Crippen molar-refractivity contribution < 1.29 is 9.18 Å². The molecule has 1 amide bonds. The molecule has 0 saturated carbocycles. The zero-order valence-corrected chi connectivity index (χ0v) is 10.9. The molecule has 0 radical (unpaired) electrons. The van der Waals surface area contributed by atoms with Crippen molar-refractivity contribution in [2.45, 2.75) is 18.4 Å². The Bertz CT molecular complexity index is 671. The number of aryl methyl sites for hydroxylation is 1. The molecule has 2 aromatic carbocycles. The van der Waals surface area contributed by atoms with E-state index in [4.69, 9.17) is 5.73 Å². The van der Waals surface area contributed by atoms with Gasteiger partial charge in [-0.25, -0.2) is 4.39 Å². The highest BCUT2D eigenvalue weighted by molar-refractivity contribution is 5.91. The Labute approximate surface area is 116 Å². The number of hydrogen-bond acceptors (Lipinski definition) is 2. The van der Waals surface area contributed by atoms with Crippen LogP contribution >= 0.6 is 0 Å². The minimum atomic E-state index is -1.03. The molecule has 0 heterocycles. The van der Waals surface area contributed by atoms with Gasteiger partial charge in [0.2, 0.25) is 5.91 Å². The molecule has 0 bridgehead atoms. The molecule has 0 saturated heterocycles. The number of rotatable bonds is 3. The second kappa shape index (κ2) is 4.63. The Kier molecular flexibility index (Phi) is 2.93. The van der Waals surface area contributed by atoms with Crippen LogP contribution in [0.15, 0.2) is 48.5 Å². The number of para-hydroxylation sites is 1. The third-order valence-electron chi connectivity index (χ3n) is 3.89. The highest BCUT2D eigenvalue weighted by Gasteiger charge is 2.44. The van der Waals surface area contributed by atoms with Crippen molar-refractivity contribution in [2.75, 3.05) is 5.32 Å². The molecule has 1 aliphatic carbocycles. The number of nitrogens with two attached hydrogens (primary N) is 1. The maximum absolute atomic E-state index is 13.8. The van der Waals surface area contributed by atoms with Gasteiger partial charge < -0.3 is 11.1 Å². The van der Waals surface area contributed by atoms with Crippen LogP contribution in [0, 0.1) is 5.82 Å². The minimum absolute atomic E-state index is 0.294. The minimum Gasteiger partial charge on any atom is -0.367 e. The van der Waals surface area contributed by atoms with Crippen LogP contribution in [0.2, 0.25) is 0 Å². The van der Waals surface area contributed by atoms with E-state index < -0.39 is 17.3 Å². The van der Waals surface area contributed by atoms with Crippen LogP contribution in [0.4, 0.5) is 10.1 Å². The molecule has 3 N–H and O–H groups in total. The van der Waals surface area contributed by atoms with Crippen molar-refractivity contribution in [3.63, 3.8) is 0 Å². The molecule has 4 heteroatoms. The van der Waals surface area contributed by atoms with Crippen molar-refractivity contribution in [3.8, 4) is 0 Å². The highest BCUT2D eigenvalue weighted by atomic mass is 19.1. The summed E-state index contributed by atoms with van der Waals surface area (Å²) in [6.45, 7) is 0. The fourth-order valence-corrected chi connectivity index (χ4v) is 2.85. The number of amides is 1. The van der Waals surface area contributed by atoms with Crippen LogP contribution < -0.4 is 11.1 Å². The number of benzene rings is 2. The van der Waals surface area contributed by atoms with Gasteiger partial charge in [-0.1, -0.05) is 36.4 Å². The first kappa shape index (κ1) is 12.7. The number of anilines is 1. The monoisotopic (exact) mass is 270 g/mol. The van der Waals surface area contributed by atoms with Crippen molar-refractivity contribution >= 4 is 11.6 Å². The Hall–Kier alpha value is -2.36. The standard InChI is InChI=1S/C16H15FN2O/c17-13-7-3-4-8-14(13)19-16(15(18)20)10-9-11-5-1-2-6-12(11)16/h1-8,19H,9-10H2,(H2,18,20). The Balaban J connectivity index is 2.08. The molecule has 0 spiro atoms. The molecule has 1 atom stereocenters. The molecular formula is C16H15FN2O. The van der Waals surface area contributed by atoms with E-state index in [2.05, 4.69) is 5.32 Å². The van der Waals surface area contributed by atoms with Gasteiger partial charge in [-0.2, -0.15) is 0 Å². The van der Waals surface area contributed by atoms with Crippen LogP contribution in [-0.2, 0) is 16.8 Å². The third kappa shape index (κ3) is 1.84. The third-order valence-corrected chi connectivity index (χ3v) is 3.89. The fourth-order valence-electron chi connectivity index (χ4n) is 2.85. The first-order valence-corrected chi connectivity index (χ1v) is 6.54. The van der Waals surface area contributed by atoms with E-state index in [1.165, 1.54) is 6.07 Å². The number of fused-ring (bicyclic) bond motifs is 1. The van der Waals surface area contributed by atoms with Crippen LogP contribution in [0.3, 0.4) is 0 Å². The maximum atomic E-state index is 13.8. The average Bonchev–Trinajstić information content (AvgIpc) is 2.82. The number of hydrogen-bond donors (Lipinski definition) is 2. The van der Waals surface area contributed by atoms with E-state index in [1.807, 2.05) is 24.3 Å². The molecule has 20 heavy (non-hydrogen) atoms. The second-order valence-electron chi connectivity index (χ2n) is 5.03. The van der Waals surface area contributed by atoms with E-state index in [1.54, 1.807) is 18.2 Å². The van der Waals surface area contributed by atoms with E-state index in [0.717, 1.165) is 17.5 Å². The summed E-state index contributed by atoms with van der Waals surface area (Å²) in [5.74, 6) is -0.872. The van der Waals surface area contributed by atoms with Crippen LogP contribution in [-0.4, -0.2) is 5.91 Å². The van der Waals surface area contributed by atoms with Crippen molar-refractivity contribution in [1.82, 2.24) is 0 Å². The Morgan fingerprint density at radius 1 is 1.15 bits per heavy atom. The first-order valence-electron chi connectivity index (χ1n) is 6.54. The van der Waals surface area contributed by atoms with Gasteiger partial charge in [0.1, 0.15) is 11.4 Å². The zero-order chi connectivity index (χ0) is 14.2. The molecular weight excluding hydrogens is 255 g/mol. The maximum Gasteiger partial charge on any atom is 0.247 e. The quantitative estimate of drug-likeness (QED) is 0.900. The van der Waals surface area contributed by atoms with Crippen molar-refractivity contribution in [1.29, 1.82) is 0 Å². The summed E-state index contributed by atoms with van der Waals surface area (Å²) >= 11 is 0. The van der Waals surface area contributed by atoms with Gasteiger partial charge in [0.05, 0.1) is 5.69 Å². The second-order valence-corrected chi connectivity index (χ2v) is 5.03. The number of primary amides is 1. The number of nitrogens with one attached hydrogen (secondary N) is 1. The summed E-state index contributed by atoms with van der Waals surface area (Å²) < 4.78 is 13.8. The summed E-state index contributed by atoms with van der Waals surface area (Å²) in [6.07, 6.45) is 1.29. The lowest BCUT2D eigenvalue weighted by Gasteiger charge is -2.29. The summed E-state index contributed by atoms with van der Waals surface area (Å²) in [7, 11) is 0. The largest absolute Gasteiger partial charge is 0.367 e. The average molecular weight is 270 g/mol. The van der Waals surface area contributed by atoms with Gasteiger partial charge in [0, 0.05) is 0 Å². The smallest absolute Gasteiger partial charge is 0.247 e. The first-order chi connectivity index (χ1) is 9.63. The van der Waals surface area contributed by atoms with Crippen molar-refractivity contribution in [3.05, 3.63) is 65.5 Å². The topological polar surface area (TPSA) is 55.1 Å². The lowest BCUT2D eigenvalue weighted by molar-refractivity contribution is -0.122. The van der Waals surface area contributed by atoms with E-state index in [-0.39, 0.29) is 0 Å². The predicted octanol–water partition coefficient (Wildman–Crippen LogP) is 2.56. The molecule has 0 aliphatic heterocycles. The predicted molar refractivity (Wildman–Crippen MR) is 75.7 cm³/mol. The van der Waals surface area contributed by atoms with Crippen LogP contribution in [0.5, 0.6) is 0 Å². The molecule has 3 nitrogen and oxygen atoms in total. The van der Waals surface area contributed by atoms with Gasteiger partial charge in [-0.15, -0.1) is 0 Å². The van der Waals surface area contributed by atoms with Gasteiger partial charge in [-0.05, 0) is 36.1 Å². The summed E-state index contributed by atoms with van der Waals surface area (Å²) in [6, 6.07) is 14.0. The van der Waals surface area contributed by atoms with Gasteiger partial charge in [-0.3, -0.25) is 4.79 Å². The number of carbonyl (C=O) groups is 1. The van der Waals surface area contributed by atoms with Crippen LogP contribution in [0.25, 0.3) is 0 Å². The van der Waals surface area contributed by atoms with E-state index >= 15 is 0 Å². The SMILES string of the molecule is NC(=O)C1(Nc2ccccc2F)CCc2ccccc21. The molecule has 1 aliphatic rings. The molecule has 2 aromatic rings. The number of carbonyl (C=O) groups excluding carboxylic acids is 1. The Morgan fingerprint density at radius 2 is 1.85 bits per heavy atom. The molecule has 0 aromatic heterocycles. The Morgan fingerprint density at radius 3 is 2.60 bits per heavy atom. The van der Waals surface area contributed by atoms with Gasteiger partial charge in [0.25, 0.3) is 0 Å². The highest BCUT2D eigenvalue weighted by Crippen LogP contribution is 2.39. The summed E-state index contributed by atoms with van der Waals surface area (Å²) in [5, 5.41) is 3.03. The van der Waals surface area contributed by atoms with Gasteiger partial charge in [0.15, 0.2) is 0 Å². The van der Waals surface area contributed by atoms with E-state index in [9.17, 15) is 9.18 Å². The lowest BCUT2D eigenvalue weighted by Crippen LogP contribution is -2.46. The normalized spacial score (nSPS) is 20.4. The van der Waals surface area contributed by atoms with Gasteiger partial charge >= 0.3 is 0 Å². The van der Waals surface area contributed by atoms with Crippen LogP contribution in [0.1, 0.15) is 17.5 Å². The molecule has 0 fully saturated rings. The van der Waals surface area contributed by atoms with Crippen molar-refractivity contribution in [2.24, 2.45) is 5.73 Å². The summed E-state index contributed by atoms with van der Waals surface area (Å²) in [4.78, 5) is 12.0. The zero-order valence-electron chi connectivity index (χ0n) is 10.9. The molecule has 3 rings (SSSR count). The number of halogens is 1. The molecule has 1 unspecified atom stereocenters. The van der Waals surface area contributed by atoms with E-state index in [0.29, 0.717) is 12.1 Å². The molecule has 102 valence electrons. The lowest BCUT2D eigenvalue weighted by atomic mass is 9.90. The fraction of sp³-hybridized carbons (Fsp3) is 0.188. The summed E-state index contributed by atoms with van der Waals surface area (Å²) in [5.41, 5.74) is 6.81.